The van der Waals surface area contributed by atoms with E-state index < -0.39 is 0 Å². The Morgan fingerprint density at radius 2 is 0.925 bits per heavy atom. The van der Waals surface area contributed by atoms with Gasteiger partial charge in [-0.1, -0.05) is 127 Å². The van der Waals surface area contributed by atoms with Gasteiger partial charge in [-0.2, -0.15) is 0 Å². The van der Waals surface area contributed by atoms with E-state index in [1.54, 1.807) is 0 Å². The summed E-state index contributed by atoms with van der Waals surface area (Å²) in [5, 5.41) is 0. The lowest BCUT2D eigenvalue weighted by Gasteiger charge is -2.21. The van der Waals surface area contributed by atoms with E-state index in [2.05, 4.69) is 163 Å². The van der Waals surface area contributed by atoms with Crippen molar-refractivity contribution >= 4 is 11.0 Å². The number of benzene rings is 6. The van der Waals surface area contributed by atoms with Crippen molar-refractivity contribution in [3.63, 3.8) is 0 Å². The molecule has 2 heteroatoms. The van der Waals surface area contributed by atoms with Crippen LogP contribution in [0.5, 0.6) is 0 Å². The van der Waals surface area contributed by atoms with Crippen LogP contribution in [0.3, 0.4) is 0 Å². The van der Waals surface area contributed by atoms with Gasteiger partial charge in [0.15, 0.2) is 0 Å². The predicted molar refractivity (Wildman–Crippen MR) is 168 cm³/mol. The van der Waals surface area contributed by atoms with Gasteiger partial charge in [-0.05, 0) is 59.0 Å². The van der Waals surface area contributed by atoms with Crippen LogP contribution in [0.2, 0.25) is 0 Å². The summed E-state index contributed by atoms with van der Waals surface area (Å²) in [7, 11) is 0. The van der Waals surface area contributed by atoms with E-state index in [1.807, 2.05) is 0 Å². The van der Waals surface area contributed by atoms with Crippen molar-refractivity contribution in [2.24, 2.45) is 0 Å². The molecule has 7 rings (SSSR count). The maximum Gasteiger partial charge on any atom is 0.145 e. The average Bonchev–Trinajstić information content (AvgIpc) is 3.40. The topological polar surface area (TPSA) is 17.8 Å². The van der Waals surface area contributed by atoms with Crippen molar-refractivity contribution in [3.8, 4) is 50.5 Å². The van der Waals surface area contributed by atoms with E-state index in [4.69, 9.17) is 4.98 Å². The normalized spacial score (nSPS) is 11.1. The number of hydrogen-bond donors (Lipinski definition) is 0. The van der Waals surface area contributed by atoms with Crippen LogP contribution in [0.4, 0.5) is 0 Å². The summed E-state index contributed by atoms with van der Waals surface area (Å²) >= 11 is 0. The number of imidazole rings is 1. The lowest BCUT2D eigenvalue weighted by molar-refractivity contribution is 1.11. The maximum atomic E-state index is 5.23. The molecule has 40 heavy (non-hydrogen) atoms. The molecule has 7 aromatic rings. The molecule has 0 amide bonds. The minimum Gasteiger partial charge on any atom is -0.291 e. The Labute approximate surface area is 234 Å². The Kier molecular flexibility index (Phi) is 6.07. The molecule has 0 saturated carbocycles. The van der Waals surface area contributed by atoms with Gasteiger partial charge in [0.05, 0.1) is 16.7 Å². The molecule has 1 aromatic heterocycles. The van der Waals surface area contributed by atoms with Crippen molar-refractivity contribution in [1.82, 2.24) is 9.55 Å². The van der Waals surface area contributed by atoms with Crippen LogP contribution in [-0.2, 0) is 0 Å². The monoisotopic (exact) mass is 512 g/mol. The second-order valence-corrected chi connectivity index (χ2v) is 10.1. The quantitative estimate of drug-likeness (QED) is 0.224. The van der Waals surface area contributed by atoms with E-state index in [9.17, 15) is 0 Å². The van der Waals surface area contributed by atoms with E-state index >= 15 is 0 Å². The van der Waals surface area contributed by atoms with Crippen LogP contribution in [0.1, 0.15) is 5.56 Å². The molecule has 0 aliphatic heterocycles. The standard InChI is InChI=1S/C38H28N2/c1-27-22-23-36-35(24-27)39-38(31-20-12-5-13-21-31)40(36)37-33(29-16-8-3-9-17-29)25-32(28-14-6-2-7-15-28)26-34(37)30-18-10-4-11-19-30/h2-26H,1H3. The SMILES string of the molecule is Cc1ccc2c(c1)nc(-c1ccccc1)n2-c1c(-c2ccccc2)cc(-c2ccccc2)cc1-c1ccccc1. The Morgan fingerprint density at radius 3 is 1.45 bits per heavy atom. The molecule has 0 fully saturated rings. The van der Waals surface area contributed by atoms with Gasteiger partial charge < -0.3 is 0 Å². The molecule has 0 bridgehead atoms. The number of fused-ring (bicyclic) bond motifs is 1. The number of aromatic nitrogens is 2. The largest absolute Gasteiger partial charge is 0.291 e. The zero-order chi connectivity index (χ0) is 26.9. The summed E-state index contributed by atoms with van der Waals surface area (Å²) in [5.41, 5.74) is 12.5. The molecule has 0 radical (unpaired) electrons. The summed E-state index contributed by atoms with van der Waals surface area (Å²) in [4.78, 5) is 5.23. The highest BCUT2D eigenvalue weighted by Gasteiger charge is 2.22. The first-order valence-electron chi connectivity index (χ1n) is 13.7. The van der Waals surface area contributed by atoms with Crippen molar-refractivity contribution in [3.05, 3.63) is 157 Å². The molecule has 0 N–H and O–H groups in total. The second kappa shape index (κ2) is 10.2. The molecular weight excluding hydrogens is 484 g/mol. The van der Waals surface area contributed by atoms with Gasteiger partial charge in [-0.15, -0.1) is 0 Å². The maximum absolute atomic E-state index is 5.23. The van der Waals surface area contributed by atoms with Crippen LogP contribution in [0.25, 0.3) is 61.5 Å². The summed E-state index contributed by atoms with van der Waals surface area (Å²) in [5.74, 6) is 0.933. The van der Waals surface area contributed by atoms with E-state index in [0.717, 1.165) is 39.2 Å². The fraction of sp³-hybridized carbons (Fsp3) is 0.0263. The number of rotatable bonds is 5. The fourth-order valence-electron chi connectivity index (χ4n) is 5.55. The summed E-state index contributed by atoms with van der Waals surface area (Å²) < 4.78 is 2.36. The zero-order valence-corrected chi connectivity index (χ0v) is 22.3. The van der Waals surface area contributed by atoms with Crippen molar-refractivity contribution in [2.45, 2.75) is 6.92 Å². The van der Waals surface area contributed by atoms with Crippen LogP contribution < -0.4 is 0 Å². The summed E-state index contributed by atoms with van der Waals surface area (Å²) in [6.07, 6.45) is 0. The molecule has 0 spiro atoms. The van der Waals surface area contributed by atoms with Crippen LogP contribution >= 0.6 is 0 Å². The molecule has 0 aliphatic carbocycles. The highest BCUT2D eigenvalue weighted by Crippen LogP contribution is 2.43. The van der Waals surface area contributed by atoms with Crippen LogP contribution in [0.15, 0.2) is 152 Å². The molecule has 1 heterocycles. The minimum absolute atomic E-state index is 0.933. The Hall–Kier alpha value is -5.21. The van der Waals surface area contributed by atoms with Crippen molar-refractivity contribution in [1.29, 1.82) is 0 Å². The van der Waals surface area contributed by atoms with Gasteiger partial charge >= 0.3 is 0 Å². The van der Waals surface area contributed by atoms with Crippen molar-refractivity contribution in [2.75, 3.05) is 0 Å². The Balaban J connectivity index is 1.66. The first-order valence-corrected chi connectivity index (χ1v) is 13.7. The molecule has 0 saturated heterocycles. The lowest BCUT2D eigenvalue weighted by atomic mass is 9.90. The number of nitrogens with zero attached hydrogens (tertiary/aromatic N) is 2. The molecule has 6 aromatic carbocycles. The third kappa shape index (κ3) is 4.30. The smallest absolute Gasteiger partial charge is 0.145 e. The highest BCUT2D eigenvalue weighted by molar-refractivity contribution is 5.95. The fourth-order valence-corrected chi connectivity index (χ4v) is 5.55. The molecule has 2 nitrogen and oxygen atoms in total. The van der Waals surface area contributed by atoms with Gasteiger partial charge in [-0.3, -0.25) is 4.57 Å². The van der Waals surface area contributed by atoms with Gasteiger partial charge in [0.2, 0.25) is 0 Å². The molecule has 0 aliphatic rings. The molecule has 0 unspecified atom stereocenters. The Bertz CT molecular complexity index is 1860. The highest BCUT2D eigenvalue weighted by atomic mass is 15.1. The molecule has 0 atom stereocenters. The van der Waals surface area contributed by atoms with Crippen LogP contribution in [-0.4, -0.2) is 9.55 Å². The van der Waals surface area contributed by atoms with Crippen LogP contribution in [0, 0.1) is 6.92 Å². The lowest BCUT2D eigenvalue weighted by Crippen LogP contribution is -2.04. The van der Waals surface area contributed by atoms with E-state index in [1.165, 1.54) is 27.8 Å². The van der Waals surface area contributed by atoms with Crippen molar-refractivity contribution < 1.29 is 0 Å². The van der Waals surface area contributed by atoms with Gasteiger partial charge in [0.25, 0.3) is 0 Å². The summed E-state index contributed by atoms with van der Waals surface area (Å²) in [6.45, 7) is 2.13. The van der Waals surface area contributed by atoms with E-state index in [-0.39, 0.29) is 0 Å². The Morgan fingerprint density at radius 1 is 0.450 bits per heavy atom. The zero-order valence-electron chi connectivity index (χ0n) is 22.3. The third-order valence-electron chi connectivity index (χ3n) is 7.45. The predicted octanol–water partition coefficient (Wildman–Crippen LogP) is 10.0. The second-order valence-electron chi connectivity index (χ2n) is 10.1. The third-order valence-corrected chi connectivity index (χ3v) is 7.45. The minimum atomic E-state index is 0.933. The van der Waals surface area contributed by atoms with Gasteiger partial charge in [0, 0.05) is 16.7 Å². The number of hydrogen-bond acceptors (Lipinski definition) is 1. The molecule has 190 valence electrons. The average molecular weight is 513 g/mol. The first-order chi connectivity index (χ1) is 19.8. The van der Waals surface area contributed by atoms with Gasteiger partial charge in [-0.25, -0.2) is 4.98 Å². The van der Waals surface area contributed by atoms with E-state index in [0.29, 0.717) is 0 Å². The number of aryl methyl sites for hydroxylation is 1. The molecular formula is C38H28N2. The summed E-state index contributed by atoms with van der Waals surface area (Å²) in [6, 6.07) is 53.8. The first kappa shape index (κ1) is 23.9. The van der Waals surface area contributed by atoms with Gasteiger partial charge in [0.1, 0.15) is 5.82 Å².